The fraction of sp³-hybridized carbons (Fsp3) is 0.235. The SMILES string of the molecule is CCCc1ccc(-c2ccc(O)c(C(C)=O)c2)cc1. The van der Waals surface area contributed by atoms with Gasteiger partial charge in [-0.3, -0.25) is 4.79 Å². The Bertz CT molecular complexity index is 583. The van der Waals surface area contributed by atoms with E-state index in [1.54, 1.807) is 12.1 Å². The van der Waals surface area contributed by atoms with Crippen molar-refractivity contribution in [3.8, 4) is 16.9 Å². The number of hydrogen-bond acceptors (Lipinski definition) is 2. The Balaban J connectivity index is 2.36. The van der Waals surface area contributed by atoms with E-state index in [0.29, 0.717) is 5.56 Å². The molecule has 0 amide bonds. The van der Waals surface area contributed by atoms with Gasteiger partial charge < -0.3 is 5.11 Å². The molecule has 2 aromatic carbocycles. The molecule has 0 aliphatic carbocycles. The number of aryl methyl sites for hydroxylation is 1. The van der Waals surface area contributed by atoms with E-state index in [-0.39, 0.29) is 11.5 Å². The molecular weight excluding hydrogens is 236 g/mol. The standard InChI is InChI=1S/C17H18O2/c1-3-4-13-5-7-14(8-6-13)15-9-10-17(19)16(11-15)12(2)18/h5-11,19H,3-4H2,1-2H3. The van der Waals surface area contributed by atoms with Crippen molar-refractivity contribution in [1.82, 2.24) is 0 Å². The molecule has 2 aromatic rings. The molecule has 0 aliphatic heterocycles. The second kappa shape index (κ2) is 5.70. The fourth-order valence-corrected chi connectivity index (χ4v) is 2.15. The van der Waals surface area contributed by atoms with Crippen molar-refractivity contribution in [3.05, 3.63) is 53.6 Å². The van der Waals surface area contributed by atoms with Crippen molar-refractivity contribution in [2.75, 3.05) is 0 Å². The minimum absolute atomic E-state index is 0.0406. The number of hydrogen-bond donors (Lipinski definition) is 1. The average Bonchev–Trinajstić information content (AvgIpc) is 2.40. The van der Waals surface area contributed by atoms with Crippen molar-refractivity contribution in [2.45, 2.75) is 26.7 Å². The van der Waals surface area contributed by atoms with Crippen LogP contribution in [0.2, 0.25) is 0 Å². The highest BCUT2D eigenvalue weighted by atomic mass is 16.3. The largest absolute Gasteiger partial charge is 0.507 e. The molecule has 0 saturated heterocycles. The monoisotopic (exact) mass is 254 g/mol. The summed E-state index contributed by atoms with van der Waals surface area (Å²) in [7, 11) is 0. The van der Waals surface area contributed by atoms with Gasteiger partial charge in [-0.1, -0.05) is 43.7 Å². The number of ketones is 1. The van der Waals surface area contributed by atoms with E-state index < -0.39 is 0 Å². The molecule has 2 heteroatoms. The third-order valence-electron chi connectivity index (χ3n) is 3.20. The van der Waals surface area contributed by atoms with Crippen LogP contribution in [-0.2, 0) is 6.42 Å². The number of benzene rings is 2. The van der Waals surface area contributed by atoms with E-state index in [0.717, 1.165) is 24.0 Å². The number of rotatable bonds is 4. The Labute approximate surface area is 113 Å². The van der Waals surface area contributed by atoms with Crippen LogP contribution in [0.15, 0.2) is 42.5 Å². The van der Waals surface area contributed by atoms with Gasteiger partial charge in [-0.25, -0.2) is 0 Å². The Kier molecular flexibility index (Phi) is 4.00. The lowest BCUT2D eigenvalue weighted by molar-refractivity contribution is 0.101. The topological polar surface area (TPSA) is 37.3 Å². The van der Waals surface area contributed by atoms with E-state index >= 15 is 0 Å². The molecular formula is C17H18O2. The number of phenolic OH excluding ortho intramolecular Hbond substituents is 1. The van der Waals surface area contributed by atoms with Gasteiger partial charge in [0.1, 0.15) is 5.75 Å². The molecule has 0 saturated carbocycles. The van der Waals surface area contributed by atoms with Gasteiger partial charge in [0.15, 0.2) is 5.78 Å². The van der Waals surface area contributed by atoms with Crippen LogP contribution in [0.3, 0.4) is 0 Å². The molecule has 0 bridgehead atoms. The molecule has 0 aliphatic rings. The Hall–Kier alpha value is -2.09. The lowest BCUT2D eigenvalue weighted by atomic mass is 9.99. The van der Waals surface area contributed by atoms with Crippen LogP contribution in [0.5, 0.6) is 5.75 Å². The number of phenols is 1. The van der Waals surface area contributed by atoms with E-state index in [2.05, 4.69) is 31.2 Å². The second-order valence-electron chi connectivity index (χ2n) is 4.74. The maximum atomic E-state index is 11.4. The number of carbonyl (C=O) groups excluding carboxylic acids is 1. The Morgan fingerprint density at radius 1 is 1.05 bits per heavy atom. The van der Waals surface area contributed by atoms with Crippen molar-refractivity contribution >= 4 is 5.78 Å². The Morgan fingerprint density at radius 2 is 1.68 bits per heavy atom. The fourth-order valence-electron chi connectivity index (χ4n) is 2.15. The van der Waals surface area contributed by atoms with Gasteiger partial charge in [-0.05, 0) is 42.2 Å². The summed E-state index contributed by atoms with van der Waals surface area (Å²) in [6, 6.07) is 13.5. The molecule has 0 fully saturated rings. The van der Waals surface area contributed by atoms with E-state index in [1.165, 1.54) is 12.5 Å². The first-order valence-electron chi connectivity index (χ1n) is 6.55. The van der Waals surface area contributed by atoms with Crippen LogP contribution in [0.4, 0.5) is 0 Å². The van der Waals surface area contributed by atoms with Gasteiger partial charge in [0.2, 0.25) is 0 Å². The predicted octanol–water partition coefficient (Wildman–Crippen LogP) is 4.21. The van der Waals surface area contributed by atoms with Crippen molar-refractivity contribution in [2.24, 2.45) is 0 Å². The molecule has 0 atom stereocenters. The Morgan fingerprint density at radius 3 is 2.26 bits per heavy atom. The maximum Gasteiger partial charge on any atom is 0.163 e. The van der Waals surface area contributed by atoms with Gasteiger partial charge in [0.05, 0.1) is 5.56 Å². The van der Waals surface area contributed by atoms with Crippen LogP contribution >= 0.6 is 0 Å². The lowest BCUT2D eigenvalue weighted by Gasteiger charge is -2.07. The highest BCUT2D eigenvalue weighted by Gasteiger charge is 2.08. The third kappa shape index (κ3) is 3.02. The summed E-state index contributed by atoms with van der Waals surface area (Å²) in [5.74, 6) is -0.0826. The van der Waals surface area contributed by atoms with Crippen LogP contribution in [0, 0.1) is 0 Å². The van der Waals surface area contributed by atoms with Gasteiger partial charge in [0.25, 0.3) is 0 Å². The zero-order chi connectivity index (χ0) is 13.8. The highest BCUT2D eigenvalue weighted by molar-refractivity contribution is 5.98. The highest BCUT2D eigenvalue weighted by Crippen LogP contribution is 2.26. The van der Waals surface area contributed by atoms with Crippen LogP contribution in [-0.4, -0.2) is 10.9 Å². The average molecular weight is 254 g/mol. The third-order valence-corrected chi connectivity index (χ3v) is 3.20. The van der Waals surface area contributed by atoms with Crippen LogP contribution in [0.25, 0.3) is 11.1 Å². The zero-order valence-electron chi connectivity index (χ0n) is 11.3. The molecule has 0 heterocycles. The van der Waals surface area contributed by atoms with Crippen molar-refractivity contribution < 1.29 is 9.90 Å². The molecule has 0 spiro atoms. The minimum atomic E-state index is -0.123. The summed E-state index contributed by atoms with van der Waals surface area (Å²) in [5.41, 5.74) is 3.69. The van der Waals surface area contributed by atoms with Crippen molar-refractivity contribution in [1.29, 1.82) is 0 Å². The molecule has 98 valence electrons. The summed E-state index contributed by atoms with van der Waals surface area (Å²) in [4.78, 5) is 11.4. The lowest BCUT2D eigenvalue weighted by Crippen LogP contribution is -1.93. The second-order valence-corrected chi connectivity index (χ2v) is 4.74. The molecule has 1 N–H and O–H groups in total. The maximum absolute atomic E-state index is 11.4. The molecule has 19 heavy (non-hydrogen) atoms. The van der Waals surface area contributed by atoms with Crippen LogP contribution in [0.1, 0.15) is 36.2 Å². The summed E-state index contributed by atoms with van der Waals surface area (Å²) in [5, 5.41) is 9.65. The van der Waals surface area contributed by atoms with Crippen LogP contribution < -0.4 is 0 Å². The number of carbonyl (C=O) groups is 1. The minimum Gasteiger partial charge on any atom is -0.507 e. The molecule has 0 unspecified atom stereocenters. The summed E-state index contributed by atoms with van der Waals surface area (Å²) in [6.07, 6.45) is 2.21. The first-order chi connectivity index (χ1) is 9.11. The smallest absolute Gasteiger partial charge is 0.163 e. The van der Waals surface area contributed by atoms with Gasteiger partial charge in [-0.15, -0.1) is 0 Å². The summed E-state index contributed by atoms with van der Waals surface area (Å²) in [6.45, 7) is 3.62. The first kappa shape index (κ1) is 13.3. The molecule has 2 nitrogen and oxygen atoms in total. The predicted molar refractivity (Wildman–Crippen MR) is 77.5 cm³/mol. The summed E-state index contributed by atoms with van der Waals surface area (Å²) < 4.78 is 0. The van der Waals surface area contributed by atoms with Crippen molar-refractivity contribution in [3.63, 3.8) is 0 Å². The quantitative estimate of drug-likeness (QED) is 0.830. The number of aromatic hydroxyl groups is 1. The first-order valence-corrected chi connectivity index (χ1v) is 6.55. The van der Waals surface area contributed by atoms with Gasteiger partial charge in [0, 0.05) is 0 Å². The molecule has 0 radical (unpaired) electrons. The number of Topliss-reactive ketones (excluding diaryl/α,β-unsaturated/α-hetero) is 1. The summed E-state index contributed by atoms with van der Waals surface area (Å²) >= 11 is 0. The van der Waals surface area contributed by atoms with E-state index in [4.69, 9.17) is 0 Å². The van der Waals surface area contributed by atoms with E-state index in [9.17, 15) is 9.90 Å². The molecule has 2 rings (SSSR count). The van der Waals surface area contributed by atoms with Gasteiger partial charge >= 0.3 is 0 Å². The van der Waals surface area contributed by atoms with Gasteiger partial charge in [-0.2, -0.15) is 0 Å². The molecule has 0 aromatic heterocycles. The normalized spacial score (nSPS) is 10.4. The van der Waals surface area contributed by atoms with E-state index in [1.807, 2.05) is 6.07 Å². The zero-order valence-corrected chi connectivity index (χ0v) is 11.3.